The summed E-state index contributed by atoms with van der Waals surface area (Å²) in [5.74, 6) is 0. The number of hydrogen-bond donors (Lipinski definition) is 3. The monoisotopic (exact) mass is 144 g/mol. The van der Waals surface area contributed by atoms with Crippen molar-refractivity contribution >= 4 is 6.09 Å². The molecule has 0 bridgehead atoms. The van der Waals surface area contributed by atoms with Gasteiger partial charge >= 0.3 is 6.09 Å². The van der Waals surface area contributed by atoms with Crippen LogP contribution < -0.4 is 11.1 Å². The number of nitrogens with one attached hydrogen (secondary N) is 1. The summed E-state index contributed by atoms with van der Waals surface area (Å²) in [5, 5.41) is 10.8. The minimum Gasteiger partial charge on any atom is -0.465 e. The highest BCUT2D eigenvalue weighted by Gasteiger charge is 2.42. The summed E-state index contributed by atoms with van der Waals surface area (Å²) >= 11 is 0. The van der Waals surface area contributed by atoms with Crippen molar-refractivity contribution in [2.45, 2.75) is 24.8 Å². The third-order valence-corrected chi connectivity index (χ3v) is 1.85. The molecule has 0 aromatic heterocycles. The molecule has 0 radical (unpaired) electrons. The van der Waals surface area contributed by atoms with E-state index >= 15 is 0 Å². The molecule has 0 aliphatic heterocycles. The van der Waals surface area contributed by atoms with E-state index < -0.39 is 6.09 Å². The van der Waals surface area contributed by atoms with E-state index in [0.29, 0.717) is 6.54 Å². The third kappa shape index (κ3) is 1.60. The lowest BCUT2D eigenvalue weighted by atomic mass is 10.2. The molecule has 1 amide bonds. The van der Waals surface area contributed by atoms with E-state index in [1.807, 2.05) is 0 Å². The van der Waals surface area contributed by atoms with Gasteiger partial charge in [0.15, 0.2) is 0 Å². The van der Waals surface area contributed by atoms with Gasteiger partial charge in [-0.25, -0.2) is 4.79 Å². The zero-order valence-electron chi connectivity index (χ0n) is 5.76. The molecule has 0 heterocycles. The van der Waals surface area contributed by atoms with Gasteiger partial charge in [-0.2, -0.15) is 0 Å². The first-order valence-corrected chi connectivity index (χ1v) is 3.40. The van der Waals surface area contributed by atoms with Gasteiger partial charge in [0.1, 0.15) is 0 Å². The van der Waals surface area contributed by atoms with E-state index in [2.05, 4.69) is 5.32 Å². The maximum atomic E-state index is 10.2. The van der Waals surface area contributed by atoms with Crippen molar-refractivity contribution in [1.82, 2.24) is 5.32 Å². The number of amides is 1. The number of nitrogens with two attached hydrogens (primary N) is 1. The van der Waals surface area contributed by atoms with E-state index in [-0.39, 0.29) is 5.54 Å². The van der Waals surface area contributed by atoms with Crippen LogP contribution in [0.25, 0.3) is 0 Å². The Hall–Kier alpha value is -0.770. The van der Waals surface area contributed by atoms with Gasteiger partial charge in [-0.15, -0.1) is 0 Å². The number of rotatable bonds is 3. The number of hydrogen-bond acceptors (Lipinski definition) is 2. The molecular weight excluding hydrogens is 132 g/mol. The predicted octanol–water partition coefficient (Wildman–Crippen LogP) is 0.135. The molecule has 1 fully saturated rings. The van der Waals surface area contributed by atoms with Crippen molar-refractivity contribution in [2.24, 2.45) is 5.73 Å². The fourth-order valence-electron chi connectivity index (χ4n) is 1.09. The predicted molar refractivity (Wildman–Crippen MR) is 36.8 cm³/mol. The summed E-state index contributed by atoms with van der Waals surface area (Å²) in [6, 6.07) is 0. The maximum absolute atomic E-state index is 10.2. The minimum absolute atomic E-state index is 0.152. The molecular formula is C6H12N2O2. The molecule has 4 heteroatoms. The van der Waals surface area contributed by atoms with E-state index in [0.717, 1.165) is 19.3 Å². The van der Waals surface area contributed by atoms with E-state index in [1.54, 1.807) is 0 Å². The van der Waals surface area contributed by atoms with Crippen molar-refractivity contribution < 1.29 is 9.90 Å². The molecule has 4 nitrogen and oxygen atoms in total. The Morgan fingerprint density at radius 1 is 1.70 bits per heavy atom. The zero-order valence-corrected chi connectivity index (χ0v) is 5.76. The van der Waals surface area contributed by atoms with Gasteiger partial charge in [-0.1, -0.05) is 0 Å². The zero-order chi connectivity index (χ0) is 7.61. The highest BCUT2D eigenvalue weighted by atomic mass is 16.4. The van der Waals surface area contributed by atoms with Crippen molar-refractivity contribution in [3.63, 3.8) is 0 Å². The van der Waals surface area contributed by atoms with Crippen LogP contribution in [-0.2, 0) is 0 Å². The smallest absolute Gasteiger partial charge is 0.405 e. The summed E-state index contributed by atoms with van der Waals surface area (Å²) in [4.78, 5) is 10.2. The molecule has 0 aromatic carbocycles. The lowest BCUT2D eigenvalue weighted by Crippen LogP contribution is -2.37. The van der Waals surface area contributed by atoms with Crippen LogP contribution in [0.15, 0.2) is 0 Å². The standard InChI is InChI=1S/C6H12N2O2/c7-4-3-6(1-2-6)8-5(9)10/h8H,1-4,7H2,(H,9,10). The third-order valence-electron chi connectivity index (χ3n) is 1.85. The lowest BCUT2D eigenvalue weighted by Gasteiger charge is -2.12. The molecule has 0 spiro atoms. The van der Waals surface area contributed by atoms with Gasteiger partial charge in [0.2, 0.25) is 0 Å². The van der Waals surface area contributed by atoms with Crippen molar-refractivity contribution in [3.8, 4) is 0 Å². The Labute approximate surface area is 59.4 Å². The molecule has 1 saturated carbocycles. The number of carbonyl (C=O) groups is 1. The highest BCUT2D eigenvalue weighted by molar-refractivity contribution is 5.66. The van der Waals surface area contributed by atoms with E-state index in [4.69, 9.17) is 10.8 Å². The van der Waals surface area contributed by atoms with Crippen molar-refractivity contribution in [1.29, 1.82) is 0 Å². The molecule has 0 unspecified atom stereocenters. The summed E-state index contributed by atoms with van der Waals surface area (Å²) in [7, 11) is 0. The largest absolute Gasteiger partial charge is 0.465 e. The fourth-order valence-corrected chi connectivity index (χ4v) is 1.09. The van der Waals surface area contributed by atoms with Crippen LogP contribution in [0.3, 0.4) is 0 Å². The van der Waals surface area contributed by atoms with E-state index in [1.165, 1.54) is 0 Å². The van der Waals surface area contributed by atoms with Gasteiger partial charge < -0.3 is 16.2 Å². The van der Waals surface area contributed by atoms with Gasteiger partial charge in [-0.3, -0.25) is 0 Å². The first kappa shape index (κ1) is 7.34. The van der Waals surface area contributed by atoms with Gasteiger partial charge in [0.05, 0.1) is 0 Å². The summed E-state index contributed by atoms with van der Waals surface area (Å²) < 4.78 is 0. The van der Waals surface area contributed by atoms with Crippen molar-refractivity contribution in [2.75, 3.05) is 6.54 Å². The molecule has 0 saturated heterocycles. The highest BCUT2D eigenvalue weighted by Crippen LogP contribution is 2.37. The summed E-state index contributed by atoms with van der Waals surface area (Å²) in [5.41, 5.74) is 5.15. The van der Waals surface area contributed by atoms with Crippen LogP contribution in [0.4, 0.5) is 4.79 Å². The molecule has 58 valence electrons. The Morgan fingerprint density at radius 3 is 2.60 bits per heavy atom. The molecule has 4 N–H and O–H groups in total. The average molecular weight is 144 g/mol. The van der Waals surface area contributed by atoms with Crippen LogP contribution in [0.2, 0.25) is 0 Å². The van der Waals surface area contributed by atoms with Crippen LogP contribution in [0.5, 0.6) is 0 Å². The average Bonchev–Trinajstić information content (AvgIpc) is 2.47. The molecule has 10 heavy (non-hydrogen) atoms. The Kier molecular flexibility index (Phi) is 1.80. The topological polar surface area (TPSA) is 75.3 Å². The van der Waals surface area contributed by atoms with Crippen LogP contribution in [0, 0.1) is 0 Å². The Morgan fingerprint density at radius 2 is 2.30 bits per heavy atom. The first-order valence-electron chi connectivity index (χ1n) is 3.40. The second-order valence-electron chi connectivity index (χ2n) is 2.75. The molecule has 1 rings (SSSR count). The second kappa shape index (κ2) is 2.46. The van der Waals surface area contributed by atoms with Gasteiger partial charge in [0.25, 0.3) is 0 Å². The molecule has 0 aromatic rings. The molecule has 1 aliphatic carbocycles. The SMILES string of the molecule is NCCC1(NC(=O)O)CC1. The maximum Gasteiger partial charge on any atom is 0.405 e. The Bertz CT molecular complexity index is 143. The van der Waals surface area contributed by atoms with Crippen molar-refractivity contribution in [3.05, 3.63) is 0 Å². The van der Waals surface area contributed by atoms with E-state index in [9.17, 15) is 4.79 Å². The van der Waals surface area contributed by atoms with Gasteiger partial charge in [-0.05, 0) is 25.8 Å². The van der Waals surface area contributed by atoms with Gasteiger partial charge in [0, 0.05) is 5.54 Å². The van der Waals surface area contributed by atoms with Crippen LogP contribution in [-0.4, -0.2) is 23.3 Å². The summed E-state index contributed by atoms with van der Waals surface area (Å²) in [6.45, 7) is 0.556. The second-order valence-corrected chi connectivity index (χ2v) is 2.75. The summed E-state index contributed by atoms with van der Waals surface area (Å²) in [6.07, 6.45) is 1.71. The normalized spacial score (nSPS) is 20.1. The number of carboxylic acid groups (broad SMARTS) is 1. The lowest BCUT2D eigenvalue weighted by molar-refractivity contribution is 0.187. The molecule has 1 aliphatic rings. The first-order chi connectivity index (χ1) is 4.68. The quantitative estimate of drug-likeness (QED) is 0.527. The molecule has 0 atom stereocenters. The Balaban J connectivity index is 2.30. The minimum atomic E-state index is -0.939. The van der Waals surface area contributed by atoms with Crippen LogP contribution in [0.1, 0.15) is 19.3 Å². The fraction of sp³-hybridized carbons (Fsp3) is 0.833. The van der Waals surface area contributed by atoms with Crippen LogP contribution >= 0.6 is 0 Å².